The third-order valence-corrected chi connectivity index (χ3v) is 7.63. The molecule has 1 heterocycles. The van der Waals surface area contributed by atoms with Crippen LogP contribution in [0.2, 0.25) is 0 Å². The first kappa shape index (κ1) is 22.3. The topological polar surface area (TPSA) is 55.8 Å². The Balaban J connectivity index is 1.77. The second-order valence-electron chi connectivity index (χ2n) is 7.85. The molecule has 166 valence electrons. The standard InChI is InChI=1S/C26H27NO4S/c1-4-22-18-25(20-12-14-23(30-3)15-13-20)31-26(21-8-6-5-7-9-21)27(22)32(28,29)24-16-10-19(2)11-17-24/h4-17,22,25-26H,1,18H2,2-3H3/t22-,25-,26-/m0/s1. The fourth-order valence-electron chi connectivity index (χ4n) is 3.98. The maximum absolute atomic E-state index is 13.8. The molecule has 0 spiro atoms. The van der Waals surface area contributed by atoms with Gasteiger partial charge in [0.2, 0.25) is 10.0 Å². The van der Waals surface area contributed by atoms with Crippen LogP contribution in [0.25, 0.3) is 0 Å². The molecule has 3 aromatic rings. The molecule has 1 aliphatic rings. The SMILES string of the molecule is C=C[C@H]1C[C@@H](c2ccc(OC)cc2)O[C@@H](c2ccccc2)N1S(=O)(=O)c1ccc(C)cc1. The van der Waals surface area contributed by atoms with Crippen molar-refractivity contribution in [1.82, 2.24) is 4.31 Å². The summed E-state index contributed by atoms with van der Waals surface area (Å²) in [6, 6.07) is 23.6. The van der Waals surface area contributed by atoms with Gasteiger partial charge in [0.15, 0.2) is 6.23 Å². The van der Waals surface area contributed by atoms with E-state index in [1.165, 1.54) is 4.31 Å². The summed E-state index contributed by atoms with van der Waals surface area (Å²) >= 11 is 0. The summed E-state index contributed by atoms with van der Waals surface area (Å²) < 4.78 is 40.7. The summed E-state index contributed by atoms with van der Waals surface area (Å²) in [6.45, 7) is 5.89. The van der Waals surface area contributed by atoms with Crippen molar-refractivity contribution in [2.75, 3.05) is 7.11 Å². The lowest BCUT2D eigenvalue weighted by Gasteiger charge is -2.43. The lowest BCUT2D eigenvalue weighted by Crippen LogP contribution is -2.47. The van der Waals surface area contributed by atoms with Gasteiger partial charge < -0.3 is 9.47 Å². The Labute approximate surface area is 190 Å². The third kappa shape index (κ3) is 4.35. The zero-order valence-electron chi connectivity index (χ0n) is 18.2. The fraction of sp³-hybridized carbons (Fsp3) is 0.231. The van der Waals surface area contributed by atoms with Crippen LogP contribution in [0.3, 0.4) is 0 Å². The summed E-state index contributed by atoms with van der Waals surface area (Å²) in [4.78, 5) is 0.238. The molecule has 1 fully saturated rings. The molecule has 0 aliphatic carbocycles. The van der Waals surface area contributed by atoms with Crippen LogP contribution in [0, 0.1) is 6.92 Å². The average Bonchev–Trinajstić information content (AvgIpc) is 2.84. The Kier molecular flexibility index (Phi) is 6.46. The van der Waals surface area contributed by atoms with Crippen LogP contribution >= 0.6 is 0 Å². The number of hydrogen-bond donors (Lipinski definition) is 0. The maximum Gasteiger partial charge on any atom is 0.246 e. The Morgan fingerprint density at radius 3 is 2.22 bits per heavy atom. The van der Waals surface area contributed by atoms with Crippen molar-refractivity contribution in [3.8, 4) is 5.75 Å². The van der Waals surface area contributed by atoms with Crippen LogP contribution in [0.5, 0.6) is 5.75 Å². The van der Waals surface area contributed by atoms with E-state index in [4.69, 9.17) is 9.47 Å². The Bertz CT molecular complexity index is 1160. The average molecular weight is 450 g/mol. The van der Waals surface area contributed by atoms with Crippen molar-refractivity contribution in [2.24, 2.45) is 0 Å². The summed E-state index contributed by atoms with van der Waals surface area (Å²) in [6.07, 6.45) is 1.08. The van der Waals surface area contributed by atoms with Gasteiger partial charge in [0.05, 0.1) is 18.1 Å². The van der Waals surface area contributed by atoms with Crippen molar-refractivity contribution in [2.45, 2.75) is 36.6 Å². The summed E-state index contributed by atoms with van der Waals surface area (Å²) in [5, 5.41) is 0. The lowest BCUT2D eigenvalue weighted by atomic mass is 9.98. The van der Waals surface area contributed by atoms with Gasteiger partial charge >= 0.3 is 0 Å². The van der Waals surface area contributed by atoms with Gasteiger partial charge in [-0.1, -0.05) is 66.2 Å². The van der Waals surface area contributed by atoms with E-state index in [1.54, 1.807) is 37.5 Å². The van der Waals surface area contributed by atoms with Crippen LogP contribution in [0.1, 0.15) is 35.4 Å². The van der Waals surface area contributed by atoms with Gasteiger partial charge in [-0.15, -0.1) is 6.58 Å². The van der Waals surface area contributed by atoms with Crippen LogP contribution in [-0.2, 0) is 14.8 Å². The number of methoxy groups -OCH3 is 1. The molecule has 0 bridgehead atoms. The largest absolute Gasteiger partial charge is 0.497 e. The van der Waals surface area contributed by atoms with Gasteiger partial charge in [0.1, 0.15) is 5.75 Å². The minimum Gasteiger partial charge on any atom is -0.497 e. The highest BCUT2D eigenvalue weighted by Crippen LogP contribution is 2.43. The van der Waals surface area contributed by atoms with Gasteiger partial charge in [-0.2, -0.15) is 4.31 Å². The van der Waals surface area contributed by atoms with Crippen molar-refractivity contribution >= 4 is 10.0 Å². The molecule has 0 amide bonds. The fourth-order valence-corrected chi connectivity index (χ4v) is 5.66. The zero-order valence-corrected chi connectivity index (χ0v) is 19.0. The van der Waals surface area contributed by atoms with Crippen molar-refractivity contribution in [3.63, 3.8) is 0 Å². The van der Waals surface area contributed by atoms with Gasteiger partial charge in [-0.25, -0.2) is 8.42 Å². The Morgan fingerprint density at radius 2 is 1.62 bits per heavy atom. The molecule has 3 atom stereocenters. The molecule has 0 N–H and O–H groups in total. The predicted octanol–water partition coefficient (Wildman–Crippen LogP) is 5.41. The second kappa shape index (κ2) is 9.28. The van der Waals surface area contributed by atoms with E-state index < -0.39 is 22.3 Å². The maximum atomic E-state index is 13.8. The number of sulfonamides is 1. The first-order chi connectivity index (χ1) is 15.4. The van der Waals surface area contributed by atoms with E-state index in [0.29, 0.717) is 6.42 Å². The minimum atomic E-state index is -3.84. The van der Waals surface area contributed by atoms with Gasteiger partial charge in [0.25, 0.3) is 0 Å². The smallest absolute Gasteiger partial charge is 0.246 e. The zero-order chi connectivity index (χ0) is 22.7. The first-order valence-corrected chi connectivity index (χ1v) is 11.9. The van der Waals surface area contributed by atoms with Crippen LogP contribution in [-0.4, -0.2) is 25.9 Å². The molecule has 0 aromatic heterocycles. The molecule has 0 unspecified atom stereocenters. The molecule has 3 aromatic carbocycles. The summed E-state index contributed by atoms with van der Waals surface area (Å²) in [7, 11) is -2.21. The quantitative estimate of drug-likeness (QED) is 0.472. The minimum absolute atomic E-state index is 0.238. The lowest BCUT2D eigenvalue weighted by molar-refractivity contribution is -0.125. The molecule has 32 heavy (non-hydrogen) atoms. The molecule has 5 nitrogen and oxygen atoms in total. The molecule has 4 rings (SSSR count). The normalized spacial score (nSPS) is 21.8. The van der Waals surface area contributed by atoms with Crippen LogP contribution in [0.15, 0.2) is 96.4 Å². The monoisotopic (exact) mass is 449 g/mol. The highest BCUT2D eigenvalue weighted by molar-refractivity contribution is 7.89. The number of rotatable bonds is 6. The highest BCUT2D eigenvalue weighted by Gasteiger charge is 2.44. The van der Waals surface area contributed by atoms with E-state index in [-0.39, 0.29) is 11.0 Å². The Hall–Kier alpha value is -2.93. The van der Waals surface area contributed by atoms with Crippen molar-refractivity contribution in [3.05, 3.63) is 108 Å². The van der Waals surface area contributed by atoms with Gasteiger partial charge in [0, 0.05) is 6.04 Å². The summed E-state index contributed by atoms with van der Waals surface area (Å²) in [5.74, 6) is 0.757. The molecule has 6 heteroatoms. The third-order valence-electron chi connectivity index (χ3n) is 5.75. The molecule has 0 saturated carbocycles. The molecule has 1 saturated heterocycles. The second-order valence-corrected chi connectivity index (χ2v) is 9.69. The molecule has 0 radical (unpaired) electrons. The van der Waals surface area contributed by atoms with Gasteiger partial charge in [-0.3, -0.25) is 0 Å². The number of ether oxygens (including phenoxy) is 2. The molecule has 1 aliphatic heterocycles. The molecular weight excluding hydrogens is 422 g/mol. The van der Waals surface area contributed by atoms with E-state index in [0.717, 1.165) is 22.4 Å². The van der Waals surface area contributed by atoms with Crippen LogP contribution in [0.4, 0.5) is 0 Å². The van der Waals surface area contributed by atoms with E-state index in [9.17, 15) is 8.42 Å². The van der Waals surface area contributed by atoms with Gasteiger partial charge in [-0.05, 0) is 48.7 Å². The number of aryl methyl sites for hydroxylation is 1. The van der Waals surface area contributed by atoms with Crippen molar-refractivity contribution < 1.29 is 17.9 Å². The first-order valence-electron chi connectivity index (χ1n) is 10.5. The number of hydrogen-bond acceptors (Lipinski definition) is 4. The van der Waals surface area contributed by atoms with E-state index in [1.807, 2.05) is 61.5 Å². The predicted molar refractivity (Wildman–Crippen MR) is 125 cm³/mol. The summed E-state index contributed by atoms with van der Waals surface area (Å²) in [5.41, 5.74) is 2.73. The number of benzene rings is 3. The number of nitrogens with zero attached hydrogens (tertiary/aromatic N) is 1. The van der Waals surface area contributed by atoms with E-state index in [2.05, 4.69) is 6.58 Å². The van der Waals surface area contributed by atoms with Crippen molar-refractivity contribution in [1.29, 1.82) is 0 Å². The Morgan fingerprint density at radius 1 is 0.969 bits per heavy atom. The van der Waals surface area contributed by atoms with E-state index >= 15 is 0 Å². The van der Waals surface area contributed by atoms with Crippen LogP contribution < -0.4 is 4.74 Å². The highest BCUT2D eigenvalue weighted by atomic mass is 32.2. The molecular formula is C26H27NO4S.